The van der Waals surface area contributed by atoms with Gasteiger partial charge in [0.2, 0.25) is 5.91 Å². The molecule has 0 aliphatic carbocycles. The van der Waals surface area contributed by atoms with Gasteiger partial charge in [0.15, 0.2) is 0 Å². The van der Waals surface area contributed by atoms with E-state index in [0.29, 0.717) is 0 Å². The lowest BCUT2D eigenvalue weighted by Crippen LogP contribution is -2.27. The van der Waals surface area contributed by atoms with Crippen molar-refractivity contribution >= 4 is 27.5 Å². The number of halogens is 1. The molecule has 0 fully saturated rings. The van der Waals surface area contributed by atoms with Crippen molar-refractivity contribution in [3.63, 3.8) is 0 Å². The maximum Gasteiger partial charge on any atom is 0.238 e. The maximum absolute atomic E-state index is 11.8. The zero-order valence-corrected chi connectivity index (χ0v) is 11.8. The Morgan fingerprint density at radius 3 is 2.44 bits per heavy atom. The highest BCUT2D eigenvalue weighted by molar-refractivity contribution is 9.10. The first-order chi connectivity index (χ1) is 7.41. The van der Waals surface area contributed by atoms with Gasteiger partial charge in [-0.1, -0.05) is 47.5 Å². The number of amides is 1. The molecule has 88 valence electrons. The Bertz CT molecular complexity index is 388. The zero-order chi connectivity index (χ0) is 12.3. The van der Waals surface area contributed by atoms with Gasteiger partial charge in [0, 0.05) is 5.69 Å². The fourth-order valence-corrected chi connectivity index (χ4v) is 1.57. The summed E-state index contributed by atoms with van der Waals surface area (Å²) in [5.41, 5.74) is 3.19. The normalized spacial score (nSPS) is 12.6. The minimum atomic E-state index is -0.145. The molecular formula is C13H18BrNO. The number of rotatable bonds is 3. The lowest BCUT2D eigenvalue weighted by molar-refractivity contribution is -0.116. The van der Waals surface area contributed by atoms with Gasteiger partial charge in [-0.2, -0.15) is 0 Å². The SMILES string of the molecule is Cc1ccc(NC(=O)C(Br)C(C)C)c(C)c1. The highest BCUT2D eigenvalue weighted by Crippen LogP contribution is 2.19. The molecule has 0 aliphatic rings. The van der Waals surface area contributed by atoms with E-state index >= 15 is 0 Å². The van der Waals surface area contributed by atoms with E-state index in [-0.39, 0.29) is 16.7 Å². The van der Waals surface area contributed by atoms with Crippen molar-refractivity contribution in [3.05, 3.63) is 29.3 Å². The lowest BCUT2D eigenvalue weighted by Gasteiger charge is -2.15. The van der Waals surface area contributed by atoms with E-state index in [0.717, 1.165) is 11.3 Å². The number of hydrogen-bond donors (Lipinski definition) is 1. The molecule has 0 spiro atoms. The standard InChI is InChI=1S/C13H18BrNO/c1-8(2)12(14)13(16)15-11-6-5-9(3)7-10(11)4/h5-8,12H,1-4H3,(H,15,16). The molecule has 0 saturated heterocycles. The number of aryl methyl sites for hydroxylation is 2. The number of hydrogen-bond acceptors (Lipinski definition) is 1. The predicted molar refractivity (Wildman–Crippen MR) is 72.1 cm³/mol. The summed E-state index contributed by atoms with van der Waals surface area (Å²) >= 11 is 3.39. The van der Waals surface area contributed by atoms with Crippen molar-refractivity contribution in [2.24, 2.45) is 5.92 Å². The molecule has 0 heterocycles. The number of carbonyl (C=O) groups is 1. The second-order valence-corrected chi connectivity index (χ2v) is 5.44. The molecule has 1 aromatic rings. The van der Waals surface area contributed by atoms with Crippen molar-refractivity contribution < 1.29 is 4.79 Å². The Morgan fingerprint density at radius 2 is 1.94 bits per heavy atom. The van der Waals surface area contributed by atoms with Gasteiger partial charge in [0.05, 0.1) is 4.83 Å². The third kappa shape index (κ3) is 3.34. The fraction of sp³-hybridized carbons (Fsp3) is 0.462. The van der Waals surface area contributed by atoms with Crippen LogP contribution in [0, 0.1) is 19.8 Å². The van der Waals surface area contributed by atoms with Crippen molar-refractivity contribution in [2.75, 3.05) is 5.32 Å². The molecule has 0 radical (unpaired) electrons. The summed E-state index contributed by atoms with van der Waals surface area (Å²) in [5, 5.41) is 2.93. The number of benzene rings is 1. The average Bonchev–Trinajstić information content (AvgIpc) is 2.20. The first-order valence-electron chi connectivity index (χ1n) is 5.44. The minimum absolute atomic E-state index is 0.0157. The van der Waals surface area contributed by atoms with Crippen LogP contribution in [0.3, 0.4) is 0 Å². The van der Waals surface area contributed by atoms with Gasteiger partial charge in [0.25, 0.3) is 0 Å². The van der Waals surface area contributed by atoms with E-state index < -0.39 is 0 Å². The monoisotopic (exact) mass is 283 g/mol. The predicted octanol–water partition coefficient (Wildman–Crippen LogP) is 3.66. The summed E-state index contributed by atoms with van der Waals surface area (Å²) in [4.78, 5) is 11.7. The van der Waals surface area contributed by atoms with E-state index in [9.17, 15) is 4.79 Å². The van der Waals surface area contributed by atoms with Gasteiger partial charge in [0.1, 0.15) is 0 Å². The molecular weight excluding hydrogens is 266 g/mol. The molecule has 1 rings (SSSR count). The van der Waals surface area contributed by atoms with Gasteiger partial charge in [-0.25, -0.2) is 0 Å². The molecule has 0 saturated carbocycles. The zero-order valence-electron chi connectivity index (χ0n) is 10.2. The van der Waals surface area contributed by atoms with Crippen LogP contribution in [0.4, 0.5) is 5.69 Å². The van der Waals surface area contributed by atoms with Crippen LogP contribution in [0.15, 0.2) is 18.2 Å². The maximum atomic E-state index is 11.8. The van der Waals surface area contributed by atoms with Crippen LogP contribution in [0.5, 0.6) is 0 Å². The van der Waals surface area contributed by atoms with Crippen LogP contribution in [0.2, 0.25) is 0 Å². The average molecular weight is 284 g/mol. The second-order valence-electron chi connectivity index (χ2n) is 4.45. The molecule has 2 nitrogen and oxygen atoms in total. The van der Waals surface area contributed by atoms with Crippen molar-refractivity contribution in [1.29, 1.82) is 0 Å². The van der Waals surface area contributed by atoms with Crippen molar-refractivity contribution in [2.45, 2.75) is 32.5 Å². The summed E-state index contributed by atoms with van der Waals surface area (Å²) in [6.07, 6.45) is 0. The van der Waals surface area contributed by atoms with Crippen LogP contribution < -0.4 is 5.32 Å². The Kier molecular flexibility index (Phi) is 4.54. The van der Waals surface area contributed by atoms with E-state index in [4.69, 9.17) is 0 Å². The molecule has 1 amide bonds. The first kappa shape index (κ1) is 13.2. The van der Waals surface area contributed by atoms with Crippen LogP contribution in [0.1, 0.15) is 25.0 Å². The molecule has 1 unspecified atom stereocenters. The fourth-order valence-electron chi connectivity index (χ4n) is 1.46. The van der Waals surface area contributed by atoms with Crippen LogP contribution >= 0.6 is 15.9 Å². The summed E-state index contributed by atoms with van der Waals surface area (Å²) in [7, 11) is 0. The molecule has 1 aromatic carbocycles. The van der Waals surface area contributed by atoms with E-state index in [1.165, 1.54) is 5.56 Å². The number of anilines is 1. The first-order valence-corrected chi connectivity index (χ1v) is 6.35. The van der Waals surface area contributed by atoms with Gasteiger partial charge >= 0.3 is 0 Å². The van der Waals surface area contributed by atoms with Gasteiger partial charge in [-0.05, 0) is 31.4 Å². The Labute approximate surface area is 106 Å². The third-order valence-electron chi connectivity index (χ3n) is 2.48. The summed E-state index contributed by atoms with van der Waals surface area (Å²) < 4.78 is 0. The van der Waals surface area contributed by atoms with Gasteiger partial charge < -0.3 is 5.32 Å². The molecule has 3 heteroatoms. The quantitative estimate of drug-likeness (QED) is 0.843. The van der Waals surface area contributed by atoms with Gasteiger partial charge in [-0.15, -0.1) is 0 Å². The Hall–Kier alpha value is -0.830. The van der Waals surface area contributed by atoms with Crippen molar-refractivity contribution in [1.82, 2.24) is 0 Å². The number of alkyl halides is 1. The lowest BCUT2D eigenvalue weighted by atomic mass is 10.1. The topological polar surface area (TPSA) is 29.1 Å². The minimum Gasteiger partial charge on any atom is -0.325 e. The molecule has 0 bridgehead atoms. The summed E-state index contributed by atoms with van der Waals surface area (Å²) in [5.74, 6) is 0.299. The second kappa shape index (κ2) is 5.48. The van der Waals surface area contributed by atoms with Crippen LogP contribution in [-0.2, 0) is 4.79 Å². The van der Waals surface area contributed by atoms with Crippen LogP contribution in [-0.4, -0.2) is 10.7 Å². The molecule has 16 heavy (non-hydrogen) atoms. The van der Waals surface area contributed by atoms with Crippen molar-refractivity contribution in [3.8, 4) is 0 Å². The molecule has 1 N–H and O–H groups in total. The number of carbonyl (C=O) groups excluding carboxylic acids is 1. The van der Waals surface area contributed by atoms with E-state index in [2.05, 4.69) is 27.3 Å². The highest BCUT2D eigenvalue weighted by atomic mass is 79.9. The highest BCUT2D eigenvalue weighted by Gasteiger charge is 2.18. The molecule has 1 atom stereocenters. The third-order valence-corrected chi connectivity index (χ3v) is 3.95. The van der Waals surface area contributed by atoms with E-state index in [1.807, 2.05) is 39.8 Å². The molecule has 0 aromatic heterocycles. The van der Waals surface area contributed by atoms with Gasteiger partial charge in [-0.3, -0.25) is 4.79 Å². The van der Waals surface area contributed by atoms with Crippen LogP contribution in [0.25, 0.3) is 0 Å². The largest absolute Gasteiger partial charge is 0.325 e. The van der Waals surface area contributed by atoms with E-state index in [1.54, 1.807) is 0 Å². The number of nitrogens with one attached hydrogen (secondary N) is 1. The molecule has 0 aliphatic heterocycles. The Balaban J connectivity index is 2.77. The summed E-state index contributed by atoms with van der Waals surface area (Å²) in [6, 6.07) is 6.01. The smallest absolute Gasteiger partial charge is 0.238 e. The summed E-state index contributed by atoms with van der Waals surface area (Å²) in [6.45, 7) is 8.07. The Morgan fingerprint density at radius 1 is 1.31 bits per heavy atom.